The molecular formula is C29H32N8O. The van der Waals surface area contributed by atoms with E-state index in [2.05, 4.69) is 55.2 Å². The van der Waals surface area contributed by atoms with Crippen LogP contribution in [0.15, 0.2) is 43.2 Å². The minimum atomic E-state index is 0. The Bertz CT molecular complexity index is 1600. The van der Waals surface area contributed by atoms with Gasteiger partial charge in [0.15, 0.2) is 5.82 Å². The first-order chi connectivity index (χ1) is 18.5. The van der Waals surface area contributed by atoms with Crippen LogP contribution in [0, 0.1) is 30.6 Å². The zero-order valence-corrected chi connectivity index (χ0v) is 21.8. The van der Waals surface area contributed by atoms with E-state index in [-0.39, 0.29) is 19.2 Å². The Kier molecular flexibility index (Phi) is 6.24. The number of hydrogen-bond acceptors (Lipinski definition) is 6. The minimum Gasteiger partial charge on any atom is -0.333 e. The van der Waals surface area contributed by atoms with Crippen molar-refractivity contribution in [3.63, 3.8) is 0 Å². The van der Waals surface area contributed by atoms with E-state index in [0.29, 0.717) is 18.2 Å². The molecule has 194 valence electrons. The van der Waals surface area contributed by atoms with Gasteiger partial charge >= 0.3 is 0 Å². The van der Waals surface area contributed by atoms with Crippen molar-refractivity contribution in [3.05, 3.63) is 66.1 Å². The maximum atomic E-state index is 13.2. The van der Waals surface area contributed by atoms with Gasteiger partial charge < -0.3 is 9.47 Å². The molecule has 38 heavy (non-hydrogen) atoms. The second-order valence-electron chi connectivity index (χ2n) is 10.2. The van der Waals surface area contributed by atoms with Crippen LogP contribution < -0.4 is 0 Å². The maximum Gasteiger partial charge on any atom is 0.226 e. The van der Waals surface area contributed by atoms with Crippen molar-refractivity contribution < 1.29 is 6.22 Å². The van der Waals surface area contributed by atoms with Crippen molar-refractivity contribution in [2.45, 2.75) is 52.6 Å². The third kappa shape index (κ3) is 4.47. The van der Waals surface area contributed by atoms with Crippen LogP contribution in [0.25, 0.3) is 22.4 Å². The van der Waals surface area contributed by atoms with Gasteiger partial charge in [0.2, 0.25) is 11.7 Å². The zero-order chi connectivity index (χ0) is 26.2. The Balaban J connectivity index is 0.00000308. The van der Waals surface area contributed by atoms with E-state index >= 15 is 0 Å². The predicted octanol–water partition coefficient (Wildman–Crippen LogP) is 4.19. The van der Waals surface area contributed by atoms with Crippen LogP contribution in [0.4, 0.5) is 0 Å². The lowest BCUT2D eigenvalue weighted by atomic mass is 9.81. The van der Waals surface area contributed by atoms with E-state index in [1.807, 2.05) is 36.2 Å². The molecule has 9 nitrogen and oxygen atoms in total. The van der Waals surface area contributed by atoms with E-state index in [1.54, 1.807) is 16.9 Å². The highest BCUT2D eigenvalue weighted by Gasteiger charge is 2.31. The quantitative estimate of drug-likeness (QED) is 0.385. The Labute approximate surface area is 223 Å². The van der Waals surface area contributed by atoms with Crippen LogP contribution >= 0.6 is 0 Å². The third-order valence-electron chi connectivity index (χ3n) is 7.63. The monoisotopic (exact) mass is 508 g/mol. The lowest BCUT2D eigenvalue weighted by Crippen LogP contribution is -2.42. The zero-order valence-electron chi connectivity index (χ0n) is 21.8. The molecule has 1 aliphatic heterocycles. The standard InChI is InChI=1S/C29H30N8O.H2/c1-19(2)23-5-4-6-24-28(23)33-34-37(24)26-13-14-30-25(32-26)12-9-21-7-10-22(11-8-21)29(38)35-15-16-36-20(3)17-31-27(36)18-35;/h4-6,13-14,17,21-22H,1,7-8,10-11,15-16,18H2,2-3H3;1H. The number of carbonyl (C=O) groups excluding carboxylic acids is 1. The molecule has 9 heteroatoms. The van der Waals surface area contributed by atoms with Crippen LogP contribution in [-0.2, 0) is 17.9 Å². The van der Waals surface area contributed by atoms with Gasteiger partial charge in [-0.3, -0.25) is 4.79 Å². The number of aromatic nitrogens is 7. The maximum absolute atomic E-state index is 13.2. The van der Waals surface area contributed by atoms with Gasteiger partial charge in [-0.05, 0) is 57.1 Å². The Morgan fingerprint density at radius 3 is 2.79 bits per heavy atom. The normalized spacial score (nSPS) is 19.1. The van der Waals surface area contributed by atoms with Crippen LogP contribution in [-0.4, -0.2) is 51.9 Å². The molecule has 4 aromatic rings. The first-order valence-corrected chi connectivity index (χ1v) is 13.1. The van der Waals surface area contributed by atoms with Gasteiger partial charge in [-0.2, -0.15) is 4.68 Å². The minimum absolute atomic E-state index is 0. The second-order valence-corrected chi connectivity index (χ2v) is 10.2. The van der Waals surface area contributed by atoms with Crippen molar-refractivity contribution in [3.8, 4) is 17.7 Å². The number of imidazole rings is 1. The fourth-order valence-electron chi connectivity index (χ4n) is 5.50. The van der Waals surface area contributed by atoms with Crippen molar-refractivity contribution >= 4 is 22.5 Å². The van der Waals surface area contributed by atoms with E-state index in [4.69, 9.17) is 0 Å². The van der Waals surface area contributed by atoms with E-state index < -0.39 is 0 Å². The molecule has 1 amide bonds. The highest BCUT2D eigenvalue weighted by atomic mass is 16.2. The highest BCUT2D eigenvalue weighted by molar-refractivity contribution is 5.88. The van der Waals surface area contributed by atoms with Crippen LogP contribution in [0.3, 0.4) is 0 Å². The summed E-state index contributed by atoms with van der Waals surface area (Å²) in [5.74, 6) is 9.15. The van der Waals surface area contributed by atoms with Crippen LogP contribution in [0.2, 0.25) is 0 Å². The molecule has 4 heterocycles. The largest absolute Gasteiger partial charge is 0.333 e. The number of carbonyl (C=O) groups is 1. The first kappa shape index (κ1) is 24.0. The highest BCUT2D eigenvalue weighted by Crippen LogP contribution is 2.31. The summed E-state index contributed by atoms with van der Waals surface area (Å²) < 4.78 is 3.91. The van der Waals surface area contributed by atoms with E-state index in [9.17, 15) is 4.79 Å². The van der Waals surface area contributed by atoms with Crippen molar-refractivity contribution in [1.82, 2.24) is 39.4 Å². The first-order valence-electron chi connectivity index (χ1n) is 13.1. The summed E-state index contributed by atoms with van der Waals surface area (Å²) in [7, 11) is 0. The molecule has 0 spiro atoms. The summed E-state index contributed by atoms with van der Waals surface area (Å²) in [6, 6.07) is 7.73. The SMILES string of the molecule is C=C(C)c1cccc2c1nnn2-c1ccnc(C#CC2CCC(C(=O)N3CCn4c(C)cnc4C3)CC2)n1.[HH]. The van der Waals surface area contributed by atoms with Gasteiger partial charge in [-0.15, -0.1) is 5.10 Å². The lowest BCUT2D eigenvalue weighted by Gasteiger charge is -2.33. The number of hydrogen-bond donors (Lipinski definition) is 0. The Morgan fingerprint density at radius 2 is 1.97 bits per heavy atom. The molecule has 1 fully saturated rings. The third-order valence-corrected chi connectivity index (χ3v) is 7.63. The Morgan fingerprint density at radius 1 is 1.13 bits per heavy atom. The molecule has 2 aliphatic rings. The molecule has 0 N–H and O–H groups in total. The molecule has 0 saturated heterocycles. The van der Waals surface area contributed by atoms with Gasteiger partial charge in [0.25, 0.3) is 0 Å². The van der Waals surface area contributed by atoms with E-state index in [1.165, 1.54) is 0 Å². The summed E-state index contributed by atoms with van der Waals surface area (Å²) >= 11 is 0. The smallest absolute Gasteiger partial charge is 0.226 e. The average molecular weight is 509 g/mol. The van der Waals surface area contributed by atoms with Gasteiger partial charge in [0.1, 0.15) is 11.3 Å². The molecular weight excluding hydrogens is 476 g/mol. The molecule has 0 radical (unpaired) electrons. The van der Waals surface area contributed by atoms with Crippen molar-refractivity contribution in [2.75, 3.05) is 6.54 Å². The topological polar surface area (TPSA) is 94.6 Å². The number of nitrogens with zero attached hydrogens (tertiary/aromatic N) is 8. The van der Waals surface area contributed by atoms with Crippen molar-refractivity contribution in [2.24, 2.45) is 11.8 Å². The second kappa shape index (κ2) is 9.86. The number of rotatable bonds is 3. The van der Waals surface area contributed by atoms with Crippen LogP contribution in [0.5, 0.6) is 0 Å². The molecule has 0 atom stereocenters. The lowest BCUT2D eigenvalue weighted by molar-refractivity contribution is -0.138. The number of amides is 1. The summed E-state index contributed by atoms with van der Waals surface area (Å²) in [6.07, 6.45) is 7.12. The summed E-state index contributed by atoms with van der Waals surface area (Å²) in [5, 5.41) is 8.68. The number of aryl methyl sites for hydroxylation is 1. The molecule has 6 rings (SSSR count). The molecule has 0 bridgehead atoms. The number of benzene rings is 1. The predicted molar refractivity (Wildman–Crippen MR) is 146 cm³/mol. The molecule has 1 aliphatic carbocycles. The Hall–Kier alpha value is -4.32. The number of allylic oxidation sites excluding steroid dienone is 1. The van der Waals surface area contributed by atoms with E-state index in [0.717, 1.165) is 72.5 Å². The average Bonchev–Trinajstić information content (AvgIpc) is 3.55. The fraction of sp³-hybridized carbons (Fsp3) is 0.379. The fourth-order valence-corrected chi connectivity index (χ4v) is 5.50. The molecule has 0 unspecified atom stereocenters. The number of fused-ring (bicyclic) bond motifs is 2. The van der Waals surface area contributed by atoms with Crippen LogP contribution in [0.1, 0.15) is 56.9 Å². The van der Waals surface area contributed by atoms with Gasteiger partial charge in [0, 0.05) is 56.1 Å². The molecule has 1 aromatic carbocycles. The summed E-state index contributed by atoms with van der Waals surface area (Å²) in [5.41, 5.74) is 4.72. The van der Waals surface area contributed by atoms with Gasteiger partial charge in [-0.25, -0.2) is 15.0 Å². The van der Waals surface area contributed by atoms with Crippen molar-refractivity contribution in [1.29, 1.82) is 0 Å². The van der Waals surface area contributed by atoms with Gasteiger partial charge in [-0.1, -0.05) is 29.8 Å². The summed E-state index contributed by atoms with van der Waals surface area (Å²) in [4.78, 5) is 28.6. The van der Waals surface area contributed by atoms with Gasteiger partial charge in [0.05, 0.1) is 12.1 Å². The molecule has 1 saturated carbocycles. The molecule has 3 aromatic heterocycles. The summed E-state index contributed by atoms with van der Waals surface area (Å²) in [6.45, 7) is 10.3.